The van der Waals surface area contributed by atoms with Crippen molar-refractivity contribution in [3.05, 3.63) is 69.0 Å². The van der Waals surface area contributed by atoms with Crippen LogP contribution in [0.15, 0.2) is 51.7 Å². The largest absolute Gasteiger partial charge is 0.482 e. The molecule has 0 bridgehead atoms. The molecule has 128 valence electrons. The van der Waals surface area contributed by atoms with E-state index in [1.54, 1.807) is 19.1 Å². The van der Waals surface area contributed by atoms with Gasteiger partial charge in [-0.2, -0.15) is 0 Å². The average Bonchev–Trinajstić information content (AvgIpc) is 2.54. The van der Waals surface area contributed by atoms with Crippen LogP contribution < -0.4 is 15.7 Å². The number of carbonyl (C=O) groups is 1. The van der Waals surface area contributed by atoms with Crippen molar-refractivity contribution in [1.29, 1.82) is 0 Å². The van der Waals surface area contributed by atoms with E-state index in [2.05, 4.69) is 5.32 Å². The van der Waals surface area contributed by atoms with Gasteiger partial charge in [-0.05, 0) is 43.2 Å². The summed E-state index contributed by atoms with van der Waals surface area (Å²) < 4.78 is 10.6. The second kappa shape index (κ2) is 6.99. The molecule has 0 saturated carbocycles. The summed E-state index contributed by atoms with van der Waals surface area (Å²) in [6.45, 7) is 3.53. The number of carbonyl (C=O) groups excluding carboxylic acids is 1. The van der Waals surface area contributed by atoms with Gasteiger partial charge >= 0.3 is 5.63 Å². The number of fused-ring (bicyclic) bond motifs is 1. The molecule has 0 unspecified atom stereocenters. The first-order chi connectivity index (χ1) is 11.9. The first-order valence-corrected chi connectivity index (χ1v) is 8.03. The second-order valence-electron chi connectivity index (χ2n) is 5.73. The van der Waals surface area contributed by atoms with E-state index >= 15 is 0 Å². The second-order valence-corrected chi connectivity index (χ2v) is 6.14. The Kier molecular flexibility index (Phi) is 4.76. The third-order valence-corrected chi connectivity index (χ3v) is 3.96. The molecule has 0 saturated heterocycles. The fourth-order valence-electron chi connectivity index (χ4n) is 2.49. The smallest absolute Gasteiger partial charge is 0.336 e. The predicted molar refractivity (Wildman–Crippen MR) is 97.5 cm³/mol. The van der Waals surface area contributed by atoms with Gasteiger partial charge in [0.25, 0.3) is 5.91 Å². The van der Waals surface area contributed by atoms with E-state index in [0.717, 1.165) is 16.5 Å². The molecule has 3 aromatic rings. The molecule has 0 aliphatic carbocycles. The van der Waals surface area contributed by atoms with Crippen molar-refractivity contribution in [2.45, 2.75) is 13.8 Å². The Hall–Kier alpha value is -2.79. The van der Waals surface area contributed by atoms with Crippen molar-refractivity contribution in [2.75, 3.05) is 11.9 Å². The highest BCUT2D eigenvalue weighted by atomic mass is 35.5. The Bertz CT molecular complexity index is 1010. The molecular formula is C19H16ClNO4. The highest BCUT2D eigenvalue weighted by Gasteiger charge is 2.11. The standard InChI is InChI=1S/C19H16ClNO4/c1-11-4-3-5-13(6-11)21-18(22)10-24-17-9-16-14(8-15(17)20)12(2)7-19(23)25-16/h3-9H,10H2,1-2H3,(H,21,22). The van der Waals surface area contributed by atoms with Gasteiger partial charge in [0.15, 0.2) is 6.61 Å². The van der Waals surface area contributed by atoms with Gasteiger partial charge in [0.2, 0.25) is 0 Å². The Morgan fingerprint density at radius 2 is 2.00 bits per heavy atom. The van der Waals surface area contributed by atoms with E-state index < -0.39 is 5.63 Å². The predicted octanol–water partition coefficient (Wildman–Crippen LogP) is 4.08. The van der Waals surface area contributed by atoms with Crippen LogP contribution in [-0.4, -0.2) is 12.5 Å². The molecule has 6 heteroatoms. The Balaban J connectivity index is 1.75. The molecule has 0 spiro atoms. The molecule has 0 aliphatic heterocycles. The van der Waals surface area contributed by atoms with Crippen LogP contribution in [0.3, 0.4) is 0 Å². The Labute approximate surface area is 149 Å². The van der Waals surface area contributed by atoms with Crippen LogP contribution in [0.5, 0.6) is 5.75 Å². The van der Waals surface area contributed by atoms with Gasteiger partial charge in [-0.15, -0.1) is 0 Å². The third kappa shape index (κ3) is 4.00. The zero-order chi connectivity index (χ0) is 18.0. The van der Waals surface area contributed by atoms with Crippen LogP contribution in [0.2, 0.25) is 5.02 Å². The van der Waals surface area contributed by atoms with Gasteiger partial charge < -0.3 is 14.5 Å². The van der Waals surface area contributed by atoms with Gasteiger partial charge in [0.05, 0.1) is 5.02 Å². The van der Waals surface area contributed by atoms with Crippen LogP contribution in [0, 0.1) is 13.8 Å². The molecule has 0 radical (unpaired) electrons. The summed E-state index contributed by atoms with van der Waals surface area (Å²) >= 11 is 6.20. The maximum absolute atomic E-state index is 12.0. The van der Waals surface area contributed by atoms with Gasteiger partial charge in [-0.1, -0.05) is 23.7 Å². The lowest BCUT2D eigenvalue weighted by atomic mass is 10.1. The zero-order valence-corrected chi connectivity index (χ0v) is 14.5. The number of aryl methyl sites for hydroxylation is 2. The summed E-state index contributed by atoms with van der Waals surface area (Å²) in [7, 11) is 0. The molecule has 0 fully saturated rings. The molecule has 1 N–H and O–H groups in total. The SMILES string of the molecule is Cc1cccc(NC(=O)COc2cc3oc(=O)cc(C)c3cc2Cl)c1. The molecule has 1 amide bonds. The number of anilines is 1. The van der Waals surface area contributed by atoms with Crippen molar-refractivity contribution in [3.8, 4) is 5.75 Å². The summed E-state index contributed by atoms with van der Waals surface area (Å²) in [5, 5.41) is 3.81. The molecule has 1 heterocycles. The molecule has 5 nitrogen and oxygen atoms in total. The minimum absolute atomic E-state index is 0.213. The van der Waals surface area contributed by atoms with Gasteiger partial charge in [-0.3, -0.25) is 4.79 Å². The minimum atomic E-state index is -0.449. The first-order valence-electron chi connectivity index (χ1n) is 7.66. The van der Waals surface area contributed by atoms with E-state index in [1.165, 1.54) is 12.1 Å². The van der Waals surface area contributed by atoms with Gasteiger partial charge in [-0.25, -0.2) is 4.79 Å². The lowest BCUT2D eigenvalue weighted by Gasteiger charge is -2.10. The fraction of sp³-hybridized carbons (Fsp3) is 0.158. The summed E-state index contributed by atoms with van der Waals surface area (Å²) in [4.78, 5) is 23.5. The van der Waals surface area contributed by atoms with Crippen LogP contribution in [-0.2, 0) is 4.79 Å². The summed E-state index contributed by atoms with van der Waals surface area (Å²) in [6.07, 6.45) is 0. The molecular weight excluding hydrogens is 342 g/mol. The fourth-order valence-corrected chi connectivity index (χ4v) is 2.71. The van der Waals surface area contributed by atoms with E-state index in [1.807, 2.05) is 25.1 Å². The number of hydrogen-bond donors (Lipinski definition) is 1. The van der Waals surface area contributed by atoms with Crippen molar-refractivity contribution >= 4 is 34.2 Å². The van der Waals surface area contributed by atoms with E-state index in [9.17, 15) is 9.59 Å². The summed E-state index contributed by atoms with van der Waals surface area (Å²) in [5.74, 6) is -0.0326. The number of rotatable bonds is 4. The maximum atomic E-state index is 12.0. The van der Waals surface area contributed by atoms with Crippen LogP contribution >= 0.6 is 11.6 Å². The molecule has 0 aliphatic rings. The number of nitrogens with one attached hydrogen (secondary N) is 1. The molecule has 2 aromatic carbocycles. The van der Waals surface area contributed by atoms with E-state index in [0.29, 0.717) is 16.3 Å². The van der Waals surface area contributed by atoms with Gasteiger partial charge in [0, 0.05) is 23.2 Å². The summed E-state index contributed by atoms with van der Waals surface area (Å²) in [5.41, 5.74) is 2.41. The lowest BCUT2D eigenvalue weighted by molar-refractivity contribution is -0.118. The number of hydrogen-bond acceptors (Lipinski definition) is 4. The molecule has 25 heavy (non-hydrogen) atoms. The number of benzene rings is 2. The highest BCUT2D eigenvalue weighted by Crippen LogP contribution is 2.31. The van der Waals surface area contributed by atoms with E-state index in [-0.39, 0.29) is 18.3 Å². The molecule has 0 atom stereocenters. The van der Waals surface area contributed by atoms with Crippen LogP contribution in [0.25, 0.3) is 11.0 Å². The third-order valence-electron chi connectivity index (χ3n) is 3.66. The Morgan fingerprint density at radius 1 is 1.20 bits per heavy atom. The first kappa shape index (κ1) is 17.0. The van der Waals surface area contributed by atoms with Gasteiger partial charge in [0.1, 0.15) is 11.3 Å². The van der Waals surface area contributed by atoms with Crippen LogP contribution in [0.1, 0.15) is 11.1 Å². The zero-order valence-electron chi connectivity index (χ0n) is 13.8. The normalized spacial score (nSPS) is 10.7. The molecule has 1 aromatic heterocycles. The van der Waals surface area contributed by atoms with Crippen molar-refractivity contribution < 1.29 is 13.9 Å². The Morgan fingerprint density at radius 3 is 2.76 bits per heavy atom. The summed E-state index contributed by atoms with van der Waals surface area (Å²) in [6, 6.07) is 12.0. The van der Waals surface area contributed by atoms with Crippen molar-refractivity contribution in [2.24, 2.45) is 0 Å². The van der Waals surface area contributed by atoms with Crippen molar-refractivity contribution in [3.63, 3.8) is 0 Å². The number of ether oxygens (including phenoxy) is 1. The average molecular weight is 358 g/mol. The van der Waals surface area contributed by atoms with E-state index in [4.69, 9.17) is 20.8 Å². The maximum Gasteiger partial charge on any atom is 0.336 e. The number of amides is 1. The van der Waals surface area contributed by atoms with Crippen LogP contribution in [0.4, 0.5) is 5.69 Å². The molecule has 3 rings (SSSR count). The minimum Gasteiger partial charge on any atom is -0.482 e. The quantitative estimate of drug-likeness (QED) is 0.714. The number of halogens is 1. The monoisotopic (exact) mass is 357 g/mol. The topological polar surface area (TPSA) is 68.5 Å². The van der Waals surface area contributed by atoms with Crippen molar-refractivity contribution in [1.82, 2.24) is 0 Å². The lowest BCUT2D eigenvalue weighted by Crippen LogP contribution is -2.20. The highest BCUT2D eigenvalue weighted by molar-refractivity contribution is 6.32.